The van der Waals surface area contributed by atoms with Gasteiger partial charge in [0, 0.05) is 12.8 Å². The molecule has 1 N–H and O–H groups in total. The van der Waals surface area contributed by atoms with Crippen LogP contribution >= 0.6 is 7.82 Å². The van der Waals surface area contributed by atoms with Crippen molar-refractivity contribution in [2.75, 3.05) is 40.9 Å². The lowest BCUT2D eigenvalue weighted by Crippen LogP contribution is -2.47. The summed E-state index contributed by atoms with van der Waals surface area (Å²) in [6, 6.07) is -0.882. The van der Waals surface area contributed by atoms with Gasteiger partial charge < -0.3 is 28.5 Å². The van der Waals surface area contributed by atoms with Crippen LogP contribution in [0.4, 0.5) is 0 Å². The van der Waals surface area contributed by atoms with E-state index in [1.807, 2.05) is 33.3 Å². The van der Waals surface area contributed by atoms with E-state index in [9.17, 15) is 19.0 Å². The third-order valence-corrected chi connectivity index (χ3v) is 16.6. The summed E-state index contributed by atoms with van der Waals surface area (Å²) >= 11 is 0. The van der Waals surface area contributed by atoms with Gasteiger partial charge in [0.25, 0.3) is 7.82 Å². The largest absolute Gasteiger partial charge is 0.756 e. The van der Waals surface area contributed by atoms with E-state index in [0.717, 1.165) is 57.8 Å². The number of allylic oxidation sites excluding steroid dienone is 3. The summed E-state index contributed by atoms with van der Waals surface area (Å²) in [4.78, 5) is 40.1. The molecular formula is C68H133N2O7P. The van der Waals surface area contributed by atoms with Crippen molar-refractivity contribution < 1.29 is 37.3 Å². The molecule has 0 rings (SSSR count). The molecule has 462 valence electrons. The number of carbonyl (C=O) groups is 2. The van der Waals surface area contributed by atoms with Crippen LogP contribution in [0.25, 0.3) is 0 Å². The van der Waals surface area contributed by atoms with Crippen molar-refractivity contribution >= 4 is 19.7 Å². The number of carbonyl (C=O) groups excluding carboxylic acids is 2. The maximum atomic E-state index is 13.6. The lowest BCUT2D eigenvalue weighted by atomic mass is 10.0. The van der Waals surface area contributed by atoms with E-state index in [1.54, 1.807) is 0 Å². The lowest BCUT2D eigenvalue weighted by Gasteiger charge is -2.30. The minimum Gasteiger partial charge on any atom is -0.756 e. The number of ether oxygens (including phenoxy) is 1. The third-order valence-electron chi connectivity index (χ3n) is 15.6. The summed E-state index contributed by atoms with van der Waals surface area (Å²) in [6.07, 6.45) is 70.1. The first-order valence-electron chi connectivity index (χ1n) is 34.1. The van der Waals surface area contributed by atoms with Gasteiger partial charge in [-0.1, -0.05) is 302 Å². The second-order valence-corrected chi connectivity index (χ2v) is 26.1. The van der Waals surface area contributed by atoms with Crippen LogP contribution in [0, 0.1) is 0 Å². The highest BCUT2D eigenvalue weighted by Gasteiger charge is 2.27. The van der Waals surface area contributed by atoms with Crippen molar-refractivity contribution in [1.29, 1.82) is 0 Å². The number of phosphoric acid groups is 1. The second kappa shape index (κ2) is 58.7. The zero-order valence-corrected chi connectivity index (χ0v) is 53.8. The van der Waals surface area contributed by atoms with Gasteiger partial charge in [-0.2, -0.15) is 0 Å². The van der Waals surface area contributed by atoms with Gasteiger partial charge >= 0.3 is 5.97 Å². The van der Waals surface area contributed by atoms with Crippen LogP contribution in [0.5, 0.6) is 0 Å². The van der Waals surface area contributed by atoms with Gasteiger partial charge in [-0.25, -0.2) is 0 Å². The molecule has 0 saturated carbocycles. The van der Waals surface area contributed by atoms with Crippen LogP contribution in [0.15, 0.2) is 24.3 Å². The number of hydrogen-bond acceptors (Lipinski definition) is 7. The predicted molar refractivity (Wildman–Crippen MR) is 335 cm³/mol. The fourth-order valence-electron chi connectivity index (χ4n) is 10.3. The SMILES string of the molecule is CCCCCCCC/C=C/CCCCCCCCCCCCCCCCCC(=O)NC(COP(=O)([O-])OCC[N+](C)(C)C)C(/C=C\CCCCCCCCCCCC)OC(=O)CCCCCCCCCCCCCCCCC. The van der Waals surface area contributed by atoms with Crippen LogP contribution in [0.3, 0.4) is 0 Å². The highest BCUT2D eigenvalue weighted by Crippen LogP contribution is 2.38. The van der Waals surface area contributed by atoms with Crippen molar-refractivity contribution in [3.8, 4) is 0 Å². The number of nitrogens with one attached hydrogen (secondary N) is 1. The van der Waals surface area contributed by atoms with Gasteiger partial charge in [-0.05, 0) is 57.4 Å². The molecule has 0 aromatic carbocycles. The molecule has 0 saturated heterocycles. The topological polar surface area (TPSA) is 114 Å². The normalized spacial score (nSPS) is 13.7. The molecular weight excluding hydrogens is 988 g/mol. The van der Waals surface area contributed by atoms with E-state index < -0.39 is 20.0 Å². The van der Waals surface area contributed by atoms with Gasteiger partial charge in [0.05, 0.1) is 33.8 Å². The molecule has 0 radical (unpaired) electrons. The quantitative estimate of drug-likeness (QED) is 0.0212. The smallest absolute Gasteiger partial charge is 0.306 e. The maximum absolute atomic E-state index is 13.6. The Morgan fingerprint density at radius 1 is 0.436 bits per heavy atom. The van der Waals surface area contributed by atoms with E-state index in [4.69, 9.17) is 13.8 Å². The van der Waals surface area contributed by atoms with Crippen LogP contribution in [0.1, 0.15) is 348 Å². The van der Waals surface area contributed by atoms with E-state index in [0.29, 0.717) is 17.4 Å². The van der Waals surface area contributed by atoms with Crippen molar-refractivity contribution in [3.63, 3.8) is 0 Å². The molecule has 0 aliphatic rings. The third kappa shape index (κ3) is 59.1. The summed E-state index contributed by atoms with van der Waals surface area (Å²) in [6.45, 7) is 6.89. The number of likely N-dealkylation sites (N-methyl/N-ethyl adjacent to an activating group) is 1. The molecule has 9 nitrogen and oxygen atoms in total. The average Bonchev–Trinajstić information content (AvgIpc) is 3.40. The first-order chi connectivity index (χ1) is 37.9. The van der Waals surface area contributed by atoms with E-state index in [1.165, 1.54) is 257 Å². The number of rotatable bonds is 63. The number of quaternary nitrogens is 1. The number of amides is 1. The summed E-state index contributed by atoms with van der Waals surface area (Å²) in [5.41, 5.74) is 0. The zero-order chi connectivity index (χ0) is 57.2. The Labute approximate surface area is 485 Å². The fourth-order valence-corrected chi connectivity index (χ4v) is 11.1. The number of nitrogens with zero attached hydrogens (tertiary/aromatic N) is 1. The molecule has 0 heterocycles. The van der Waals surface area contributed by atoms with Gasteiger partial charge in [0.2, 0.25) is 5.91 Å². The zero-order valence-electron chi connectivity index (χ0n) is 52.9. The van der Waals surface area contributed by atoms with Crippen molar-refractivity contribution in [1.82, 2.24) is 5.32 Å². The minimum absolute atomic E-state index is 0.0180. The first kappa shape index (κ1) is 76.5. The van der Waals surface area contributed by atoms with Crippen molar-refractivity contribution in [2.24, 2.45) is 0 Å². The fraction of sp³-hybridized carbons (Fsp3) is 0.912. The Morgan fingerprint density at radius 2 is 0.744 bits per heavy atom. The molecule has 0 aliphatic carbocycles. The highest BCUT2D eigenvalue weighted by molar-refractivity contribution is 7.45. The van der Waals surface area contributed by atoms with Crippen molar-refractivity contribution in [3.05, 3.63) is 24.3 Å². The number of phosphoric ester groups is 1. The predicted octanol–water partition coefficient (Wildman–Crippen LogP) is 20.7. The van der Waals surface area contributed by atoms with Gasteiger partial charge in [0.15, 0.2) is 0 Å². The average molecular weight is 1120 g/mol. The second-order valence-electron chi connectivity index (χ2n) is 24.7. The summed E-state index contributed by atoms with van der Waals surface area (Å²) < 4.78 is 30.4. The molecule has 1 amide bonds. The van der Waals surface area contributed by atoms with Crippen molar-refractivity contribution in [2.45, 2.75) is 360 Å². The molecule has 3 atom stereocenters. The number of hydrogen-bond donors (Lipinski definition) is 1. The molecule has 0 aromatic heterocycles. The molecule has 0 aliphatic heterocycles. The molecule has 0 aromatic rings. The first-order valence-corrected chi connectivity index (χ1v) is 35.6. The van der Waals surface area contributed by atoms with Gasteiger partial charge in [-0.15, -0.1) is 0 Å². The monoisotopic (exact) mass is 1120 g/mol. The van der Waals surface area contributed by atoms with Crippen LogP contribution in [-0.4, -0.2) is 69.4 Å². The molecule has 78 heavy (non-hydrogen) atoms. The molecule has 3 unspecified atom stereocenters. The summed E-state index contributed by atoms with van der Waals surface area (Å²) in [5.74, 6) is -0.520. The lowest BCUT2D eigenvalue weighted by molar-refractivity contribution is -0.870. The Kier molecular flexibility index (Phi) is 57.5. The van der Waals surface area contributed by atoms with E-state index in [2.05, 4.69) is 38.2 Å². The van der Waals surface area contributed by atoms with Crippen LogP contribution < -0.4 is 10.2 Å². The Morgan fingerprint density at radius 3 is 1.09 bits per heavy atom. The summed E-state index contributed by atoms with van der Waals surface area (Å²) in [5, 5.41) is 3.05. The Bertz CT molecular complexity index is 1380. The number of unbranched alkanes of at least 4 members (excludes halogenated alkanes) is 45. The Balaban J connectivity index is 5.02. The maximum Gasteiger partial charge on any atom is 0.306 e. The Hall–Kier alpha value is -1.51. The van der Waals surface area contributed by atoms with E-state index in [-0.39, 0.29) is 31.5 Å². The van der Waals surface area contributed by atoms with Crippen LogP contribution in [0.2, 0.25) is 0 Å². The van der Waals surface area contributed by atoms with Gasteiger partial charge in [-0.3, -0.25) is 14.2 Å². The van der Waals surface area contributed by atoms with Gasteiger partial charge in [0.1, 0.15) is 19.3 Å². The molecule has 0 spiro atoms. The minimum atomic E-state index is -4.69. The van der Waals surface area contributed by atoms with Crippen LogP contribution in [-0.2, 0) is 27.9 Å². The standard InChI is InChI=1S/C68H133N2O7P/c1-7-10-13-16-19-22-25-28-30-31-32-33-34-35-36-37-38-39-41-42-45-48-51-54-57-60-67(71)69-65(64-76-78(73,74)75-63-62-70(4,5)6)66(59-56-53-50-47-44-27-24-21-18-15-12-9-3)77-68(72)61-58-55-52-49-46-43-40-29-26-23-20-17-14-11-8-2/h28,30,56,59,65-66H,7-27,29,31-55,57-58,60-64H2,1-6H3,(H-,69,71,73,74)/b30-28+,59-56-. The molecule has 0 fully saturated rings. The summed E-state index contributed by atoms with van der Waals surface area (Å²) in [7, 11) is 1.21. The molecule has 0 bridgehead atoms. The highest BCUT2D eigenvalue weighted by atomic mass is 31.2. The van der Waals surface area contributed by atoms with E-state index >= 15 is 0 Å². The number of esters is 1. The molecule has 10 heteroatoms.